The summed E-state index contributed by atoms with van der Waals surface area (Å²) in [6, 6.07) is 15.2. The van der Waals surface area contributed by atoms with Crippen LogP contribution < -0.4 is 14.8 Å². The molecule has 0 aliphatic heterocycles. The number of benzene rings is 2. The fraction of sp³-hybridized carbons (Fsp3) is 0.316. The first-order valence-electron chi connectivity index (χ1n) is 7.79. The van der Waals surface area contributed by atoms with Crippen LogP contribution in [-0.2, 0) is 10.2 Å². The van der Waals surface area contributed by atoms with Gasteiger partial charge in [-0.3, -0.25) is 4.79 Å². The highest BCUT2D eigenvalue weighted by atomic mass is 16.5. The molecule has 1 N–H and O–H groups in total. The molecule has 3 rings (SSSR count). The average Bonchev–Trinajstić information content (AvgIpc) is 2.55. The molecule has 1 aliphatic rings. The highest BCUT2D eigenvalue weighted by molar-refractivity contribution is 6.01. The van der Waals surface area contributed by atoms with Crippen molar-refractivity contribution in [3.05, 3.63) is 54.1 Å². The van der Waals surface area contributed by atoms with Crippen molar-refractivity contribution in [2.45, 2.75) is 24.7 Å². The van der Waals surface area contributed by atoms with Gasteiger partial charge in [-0.1, -0.05) is 36.8 Å². The van der Waals surface area contributed by atoms with Crippen LogP contribution in [0.2, 0.25) is 0 Å². The summed E-state index contributed by atoms with van der Waals surface area (Å²) in [5.74, 6) is 1.43. The van der Waals surface area contributed by atoms with E-state index < -0.39 is 5.41 Å². The van der Waals surface area contributed by atoms with Gasteiger partial charge in [0.15, 0.2) is 0 Å². The highest BCUT2D eigenvalue weighted by Crippen LogP contribution is 2.48. The van der Waals surface area contributed by atoms with Crippen LogP contribution in [0.25, 0.3) is 0 Å². The first kappa shape index (κ1) is 15.4. The van der Waals surface area contributed by atoms with Gasteiger partial charge < -0.3 is 14.8 Å². The van der Waals surface area contributed by atoms with Crippen molar-refractivity contribution in [2.75, 3.05) is 19.5 Å². The Labute approximate surface area is 136 Å². The maximum absolute atomic E-state index is 13.0. The van der Waals surface area contributed by atoms with Crippen molar-refractivity contribution < 1.29 is 14.3 Å². The summed E-state index contributed by atoms with van der Waals surface area (Å²) < 4.78 is 10.8. The number of nitrogens with one attached hydrogen (secondary N) is 1. The molecule has 1 aliphatic carbocycles. The smallest absolute Gasteiger partial charge is 0.235 e. The van der Waals surface area contributed by atoms with E-state index in [0.717, 1.165) is 30.6 Å². The molecule has 0 unspecified atom stereocenters. The van der Waals surface area contributed by atoms with E-state index >= 15 is 0 Å². The second kappa shape index (κ2) is 6.32. The van der Waals surface area contributed by atoms with Gasteiger partial charge in [0.2, 0.25) is 5.91 Å². The minimum absolute atomic E-state index is 0.00208. The summed E-state index contributed by atoms with van der Waals surface area (Å²) in [5, 5.41) is 3.03. The van der Waals surface area contributed by atoms with E-state index in [9.17, 15) is 4.79 Å². The summed E-state index contributed by atoms with van der Waals surface area (Å²) in [7, 11) is 3.24. The second-order valence-corrected chi connectivity index (χ2v) is 5.79. The number of hydrogen-bond donors (Lipinski definition) is 1. The number of para-hydroxylation sites is 3. The molecule has 0 atom stereocenters. The Morgan fingerprint density at radius 1 is 0.957 bits per heavy atom. The van der Waals surface area contributed by atoms with Crippen molar-refractivity contribution in [1.29, 1.82) is 0 Å². The van der Waals surface area contributed by atoms with E-state index in [0.29, 0.717) is 11.4 Å². The van der Waals surface area contributed by atoms with Crippen molar-refractivity contribution in [3.8, 4) is 11.5 Å². The lowest BCUT2D eigenvalue weighted by molar-refractivity contribution is -0.124. The molecule has 0 saturated heterocycles. The van der Waals surface area contributed by atoms with Crippen LogP contribution in [-0.4, -0.2) is 20.1 Å². The second-order valence-electron chi connectivity index (χ2n) is 5.79. The van der Waals surface area contributed by atoms with Gasteiger partial charge in [0.25, 0.3) is 0 Å². The molecule has 0 heterocycles. The molecule has 23 heavy (non-hydrogen) atoms. The molecule has 0 spiro atoms. The highest BCUT2D eigenvalue weighted by Gasteiger charge is 2.47. The molecule has 0 bridgehead atoms. The van der Waals surface area contributed by atoms with Crippen LogP contribution in [0.15, 0.2) is 48.5 Å². The Morgan fingerprint density at radius 2 is 1.57 bits per heavy atom. The molecule has 0 radical (unpaired) electrons. The van der Waals surface area contributed by atoms with E-state index in [4.69, 9.17) is 9.47 Å². The van der Waals surface area contributed by atoms with E-state index in [2.05, 4.69) is 5.32 Å². The summed E-state index contributed by atoms with van der Waals surface area (Å²) >= 11 is 0. The SMILES string of the molecule is COc1ccccc1NC(=O)C1(c2ccccc2OC)CCC1. The molecule has 4 heteroatoms. The Kier molecular flexibility index (Phi) is 4.24. The Hall–Kier alpha value is -2.49. The Balaban J connectivity index is 1.93. The van der Waals surface area contributed by atoms with Gasteiger partial charge in [-0.25, -0.2) is 0 Å². The van der Waals surface area contributed by atoms with Gasteiger partial charge in [-0.15, -0.1) is 0 Å². The Bertz CT molecular complexity index is 707. The van der Waals surface area contributed by atoms with Crippen LogP contribution in [0.5, 0.6) is 11.5 Å². The molecule has 2 aromatic carbocycles. The zero-order chi connectivity index (χ0) is 16.3. The van der Waals surface area contributed by atoms with Crippen LogP contribution in [0.3, 0.4) is 0 Å². The third kappa shape index (κ3) is 2.65. The normalized spacial score (nSPS) is 15.4. The molecule has 1 fully saturated rings. The number of anilines is 1. The van der Waals surface area contributed by atoms with Gasteiger partial charge in [0, 0.05) is 5.56 Å². The van der Waals surface area contributed by atoms with Gasteiger partial charge in [-0.2, -0.15) is 0 Å². The number of hydrogen-bond acceptors (Lipinski definition) is 3. The fourth-order valence-corrected chi connectivity index (χ4v) is 3.18. The standard InChI is InChI=1S/C19H21NO3/c1-22-16-10-5-3-8-14(16)19(12-7-13-19)18(21)20-15-9-4-6-11-17(15)23-2/h3-6,8-11H,7,12-13H2,1-2H3,(H,20,21). The largest absolute Gasteiger partial charge is 0.496 e. The van der Waals surface area contributed by atoms with E-state index in [1.54, 1.807) is 14.2 Å². The van der Waals surface area contributed by atoms with Crippen LogP contribution >= 0.6 is 0 Å². The molecule has 120 valence electrons. The number of methoxy groups -OCH3 is 2. The summed E-state index contributed by atoms with van der Waals surface area (Å²) in [5.41, 5.74) is 1.13. The van der Waals surface area contributed by atoms with Crippen molar-refractivity contribution >= 4 is 11.6 Å². The Morgan fingerprint density at radius 3 is 2.17 bits per heavy atom. The first-order valence-corrected chi connectivity index (χ1v) is 7.79. The van der Waals surface area contributed by atoms with Gasteiger partial charge >= 0.3 is 0 Å². The summed E-state index contributed by atoms with van der Waals surface area (Å²) in [6.07, 6.45) is 2.69. The van der Waals surface area contributed by atoms with E-state index in [-0.39, 0.29) is 5.91 Å². The molecule has 2 aromatic rings. The number of rotatable bonds is 5. The number of carbonyl (C=O) groups excluding carboxylic acids is 1. The first-order chi connectivity index (χ1) is 11.2. The minimum atomic E-state index is -0.520. The zero-order valence-electron chi connectivity index (χ0n) is 13.5. The third-order valence-corrected chi connectivity index (χ3v) is 4.62. The summed E-state index contributed by atoms with van der Waals surface area (Å²) in [6.45, 7) is 0. The summed E-state index contributed by atoms with van der Waals surface area (Å²) in [4.78, 5) is 13.0. The molecular weight excluding hydrogens is 290 g/mol. The van der Waals surface area contributed by atoms with Crippen LogP contribution in [0.1, 0.15) is 24.8 Å². The quantitative estimate of drug-likeness (QED) is 0.914. The molecule has 4 nitrogen and oxygen atoms in total. The van der Waals surface area contributed by atoms with Crippen molar-refractivity contribution in [1.82, 2.24) is 0 Å². The number of carbonyl (C=O) groups is 1. The maximum Gasteiger partial charge on any atom is 0.235 e. The third-order valence-electron chi connectivity index (χ3n) is 4.62. The van der Waals surface area contributed by atoms with Gasteiger partial charge in [0.05, 0.1) is 25.3 Å². The van der Waals surface area contributed by atoms with Gasteiger partial charge in [0.1, 0.15) is 11.5 Å². The number of amides is 1. The van der Waals surface area contributed by atoms with E-state index in [1.165, 1.54) is 0 Å². The monoisotopic (exact) mass is 311 g/mol. The fourth-order valence-electron chi connectivity index (χ4n) is 3.18. The molecule has 1 amide bonds. The topological polar surface area (TPSA) is 47.6 Å². The van der Waals surface area contributed by atoms with Gasteiger partial charge in [-0.05, 0) is 31.0 Å². The maximum atomic E-state index is 13.0. The number of ether oxygens (including phenoxy) is 2. The minimum Gasteiger partial charge on any atom is -0.496 e. The lowest BCUT2D eigenvalue weighted by Crippen LogP contribution is -2.46. The van der Waals surface area contributed by atoms with Crippen LogP contribution in [0, 0.1) is 0 Å². The lowest BCUT2D eigenvalue weighted by Gasteiger charge is -2.41. The predicted molar refractivity (Wildman–Crippen MR) is 90.1 cm³/mol. The molecular formula is C19H21NO3. The molecule has 0 aromatic heterocycles. The van der Waals surface area contributed by atoms with E-state index in [1.807, 2.05) is 48.5 Å². The average molecular weight is 311 g/mol. The molecule has 1 saturated carbocycles. The van der Waals surface area contributed by atoms with Crippen LogP contribution in [0.4, 0.5) is 5.69 Å². The van der Waals surface area contributed by atoms with Crippen molar-refractivity contribution in [2.24, 2.45) is 0 Å². The predicted octanol–water partition coefficient (Wildman–Crippen LogP) is 3.76. The van der Waals surface area contributed by atoms with Crippen molar-refractivity contribution in [3.63, 3.8) is 0 Å². The lowest BCUT2D eigenvalue weighted by atomic mass is 9.63. The zero-order valence-corrected chi connectivity index (χ0v) is 13.5.